The van der Waals surface area contributed by atoms with Crippen LogP contribution in [0.25, 0.3) is 0 Å². The monoisotopic (exact) mass is 294 g/mol. The van der Waals surface area contributed by atoms with E-state index in [9.17, 15) is 19.5 Å². The molecular formula is C15H22N2O4. The van der Waals surface area contributed by atoms with Crippen molar-refractivity contribution in [3.63, 3.8) is 0 Å². The number of aliphatic carboxylic acids is 1. The average Bonchev–Trinajstić information content (AvgIpc) is 2.95. The fourth-order valence-electron chi connectivity index (χ4n) is 4.10. The van der Waals surface area contributed by atoms with Gasteiger partial charge in [0.2, 0.25) is 11.8 Å². The molecule has 3 fully saturated rings. The molecule has 2 heterocycles. The topological polar surface area (TPSA) is 86.7 Å². The summed E-state index contributed by atoms with van der Waals surface area (Å²) >= 11 is 0. The number of likely N-dealkylation sites (tertiary alicyclic amines) is 1. The molecule has 2 N–H and O–H groups in total. The average molecular weight is 294 g/mol. The van der Waals surface area contributed by atoms with Crippen LogP contribution in [-0.2, 0) is 14.4 Å². The van der Waals surface area contributed by atoms with Crippen molar-refractivity contribution in [2.24, 2.45) is 17.8 Å². The van der Waals surface area contributed by atoms with Crippen LogP contribution < -0.4 is 5.32 Å². The number of nitrogens with one attached hydrogen (secondary N) is 1. The molecule has 3 rings (SSSR count). The lowest BCUT2D eigenvalue weighted by molar-refractivity contribution is -0.150. The molecular weight excluding hydrogens is 272 g/mol. The molecule has 116 valence electrons. The molecule has 1 saturated carbocycles. The van der Waals surface area contributed by atoms with Gasteiger partial charge >= 0.3 is 5.97 Å². The maximum absolute atomic E-state index is 12.6. The number of amides is 2. The SMILES string of the molecule is O=C1CCC2CN(C(=O)[C@@H]3CCC[C@@H]3C(=O)O)CCC2N1. The Bertz CT molecular complexity index is 465. The second kappa shape index (κ2) is 5.66. The van der Waals surface area contributed by atoms with Crippen molar-refractivity contribution in [3.8, 4) is 0 Å². The van der Waals surface area contributed by atoms with E-state index in [1.807, 2.05) is 4.90 Å². The Hall–Kier alpha value is -1.59. The predicted molar refractivity (Wildman–Crippen MR) is 74.3 cm³/mol. The number of piperidine rings is 2. The largest absolute Gasteiger partial charge is 0.481 e. The number of hydrogen-bond donors (Lipinski definition) is 2. The molecule has 3 aliphatic rings. The van der Waals surface area contributed by atoms with Crippen LogP contribution in [0.2, 0.25) is 0 Å². The smallest absolute Gasteiger partial charge is 0.307 e. The Kier molecular flexibility index (Phi) is 3.87. The van der Waals surface area contributed by atoms with Crippen LogP contribution in [0.5, 0.6) is 0 Å². The third-order valence-corrected chi connectivity index (χ3v) is 5.28. The zero-order chi connectivity index (χ0) is 15.0. The number of carboxylic acids is 1. The maximum atomic E-state index is 12.6. The maximum Gasteiger partial charge on any atom is 0.307 e. The molecule has 0 spiro atoms. The number of hydrogen-bond acceptors (Lipinski definition) is 3. The first-order valence-corrected chi connectivity index (χ1v) is 7.87. The van der Waals surface area contributed by atoms with Gasteiger partial charge in [0.15, 0.2) is 0 Å². The van der Waals surface area contributed by atoms with E-state index in [4.69, 9.17) is 0 Å². The Balaban J connectivity index is 1.64. The molecule has 21 heavy (non-hydrogen) atoms. The molecule has 0 bridgehead atoms. The standard InChI is InChI=1S/C15H22N2O4/c18-13-5-4-9-8-17(7-6-12(9)16-13)14(19)10-2-1-3-11(10)15(20)21/h9-12H,1-8H2,(H,16,18)(H,20,21)/t9?,10-,11+,12?/m1/s1. The summed E-state index contributed by atoms with van der Waals surface area (Å²) < 4.78 is 0. The molecule has 0 aromatic heterocycles. The van der Waals surface area contributed by atoms with E-state index in [1.165, 1.54) is 0 Å². The third kappa shape index (κ3) is 2.76. The Morgan fingerprint density at radius 2 is 1.90 bits per heavy atom. The minimum atomic E-state index is -0.842. The number of fused-ring (bicyclic) bond motifs is 1. The number of carbonyl (C=O) groups excluding carboxylic acids is 2. The molecule has 2 amide bonds. The summed E-state index contributed by atoms with van der Waals surface area (Å²) in [5.74, 6) is -1.26. The minimum absolute atomic E-state index is 0.00949. The van der Waals surface area contributed by atoms with Crippen molar-refractivity contribution in [2.75, 3.05) is 13.1 Å². The van der Waals surface area contributed by atoms with E-state index in [0.29, 0.717) is 38.3 Å². The van der Waals surface area contributed by atoms with Gasteiger partial charge in [0.1, 0.15) is 0 Å². The first kappa shape index (κ1) is 14.4. The number of nitrogens with zero attached hydrogens (tertiary/aromatic N) is 1. The lowest BCUT2D eigenvalue weighted by atomic mass is 9.84. The van der Waals surface area contributed by atoms with Crippen LogP contribution in [-0.4, -0.2) is 46.9 Å². The van der Waals surface area contributed by atoms with Crippen molar-refractivity contribution in [3.05, 3.63) is 0 Å². The van der Waals surface area contributed by atoms with Crippen molar-refractivity contribution in [1.29, 1.82) is 0 Å². The quantitative estimate of drug-likeness (QED) is 0.781. The van der Waals surface area contributed by atoms with Crippen LogP contribution in [0.15, 0.2) is 0 Å². The lowest BCUT2D eigenvalue weighted by Gasteiger charge is -2.42. The van der Waals surface area contributed by atoms with Gasteiger partial charge in [-0.1, -0.05) is 6.42 Å². The fourth-order valence-corrected chi connectivity index (χ4v) is 4.10. The van der Waals surface area contributed by atoms with Gasteiger partial charge in [0.05, 0.1) is 11.8 Å². The molecule has 2 saturated heterocycles. The highest BCUT2D eigenvalue weighted by atomic mass is 16.4. The van der Waals surface area contributed by atoms with Gasteiger partial charge in [-0.15, -0.1) is 0 Å². The highest BCUT2D eigenvalue weighted by Gasteiger charge is 2.42. The zero-order valence-corrected chi connectivity index (χ0v) is 12.1. The summed E-state index contributed by atoms with van der Waals surface area (Å²) in [4.78, 5) is 37.1. The van der Waals surface area contributed by atoms with E-state index in [1.54, 1.807) is 0 Å². The Labute approximate surface area is 123 Å². The van der Waals surface area contributed by atoms with Crippen LogP contribution in [0.1, 0.15) is 38.5 Å². The molecule has 2 unspecified atom stereocenters. The van der Waals surface area contributed by atoms with Gasteiger partial charge in [-0.3, -0.25) is 14.4 Å². The summed E-state index contributed by atoms with van der Waals surface area (Å²) in [6.07, 6.45) is 4.27. The van der Waals surface area contributed by atoms with Crippen LogP contribution in [0.3, 0.4) is 0 Å². The number of rotatable bonds is 2. The molecule has 0 aromatic rings. The zero-order valence-electron chi connectivity index (χ0n) is 12.1. The molecule has 0 radical (unpaired) electrons. The second-order valence-corrected chi connectivity index (χ2v) is 6.53. The Morgan fingerprint density at radius 3 is 2.67 bits per heavy atom. The van der Waals surface area contributed by atoms with E-state index in [0.717, 1.165) is 19.3 Å². The molecule has 1 aliphatic carbocycles. The summed E-state index contributed by atoms with van der Waals surface area (Å²) in [6, 6.07) is 0.189. The van der Waals surface area contributed by atoms with E-state index >= 15 is 0 Å². The molecule has 2 aliphatic heterocycles. The van der Waals surface area contributed by atoms with Crippen molar-refractivity contribution in [1.82, 2.24) is 10.2 Å². The lowest BCUT2D eigenvalue weighted by Crippen LogP contribution is -2.56. The first-order valence-electron chi connectivity index (χ1n) is 7.87. The van der Waals surface area contributed by atoms with Gasteiger partial charge in [0.25, 0.3) is 0 Å². The second-order valence-electron chi connectivity index (χ2n) is 6.53. The van der Waals surface area contributed by atoms with Crippen molar-refractivity contribution < 1.29 is 19.5 Å². The summed E-state index contributed by atoms with van der Waals surface area (Å²) in [5, 5.41) is 12.2. The number of carbonyl (C=O) groups is 3. The Morgan fingerprint density at radius 1 is 1.14 bits per heavy atom. The van der Waals surface area contributed by atoms with Gasteiger partial charge < -0.3 is 15.3 Å². The minimum Gasteiger partial charge on any atom is -0.481 e. The summed E-state index contributed by atoms with van der Waals surface area (Å²) in [6.45, 7) is 1.29. The van der Waals surface area contributed by atoms with Gasteiger partial charge in [0, 0.05) is 25.6 Å². The van der Waals surface area contributed by atoms with E-state index in [-0.39, 0.29) is 23.8 Å². The third-order valence-electron chi connectivity index (χ3n) is 5.28. The van der Waals surface area contributed by atoms with Crippen LogP contribution >= 0.6 is 0 Å². The number of carboxylic acid groups (broad SMARTS) is 1. The predicted octanol–water partition coefficient (Wildman–Crippen LogP) is 0.614. The van der Waals surface area contributed by atoms with E-state index in [2.05, 4.69) is 5.32 Å². The summed E-state index contributed by atoms with van der Waals surface area (Å²) in [5.41, 5.74) is 0. The van der Waals surface area contributed by atoms with E-state index < -0.39 is 11.9 Å². The molecule has 0 aromatic carbocycles. The van der Waals surface area contributed by atoms with Gasteiger partial charge in [-0.05, 0) is 31.6 Å². The van der Waals surface area contributed by atoms with Crippen molar-refractivity contribution >= 4 is 17.8 Å². The van der Waals surface area contributed by atoms with Crippen LogP contribution in [0, 0.1) is 17.8 Å². The van der Waals surface area contributed by atoms with Gasteiger partial charge in [-0.2, -0.15) is 0 Å². The van der Waals surface area contributed by atoms with Gasteiger partial charge in [-0.25, -0.2) is 0 Å². The fraction of sp³-hybridized carbons (Fsp3) is 0.800. The normalized spacial score (nSPS) is 36.0. The molecule has 6 nitrogen and oxygen atoms in total. The van der Waals surface area contributed by atoms with Crippen molar-refractivity contribution in [2.45, 2.75) is 44.6 Å². The van der Waals surface area contributed by atoms with Crippen LogP contribution in [0.4, 0.5) is 0 Å². The summed E-state index contributed by atoms with van der Waals surface area (Å²) in [7, 11) is 0. The highest BCUT2D eigenvalue weighted by molar-refractivity contribution is 5.85. The molecule has 6 heteroatoms. The first-order chi connectivity index (χ1) is 10.1. The highest BCUT2D eigenvalue weighted by Crippen LogP contribution is 2.35. The molecule has 4 atom stereocenters.